The van der Waals surface area contributed by atoms with Crippen LogP contribution < -0.4 is 0 Å². The zero-order valence-corrected chi connectivity index (χ0v) is 11.6. The Labute approximate surface area is 120 Å². The van der Waals surface area contributed by atoms with Gasteiger partial charge in [0.1, 0.15) is 0 Å². The van der Waals surface area contributed by atoms with Crippen molar-refractivity contribution in [1.29, 1.82) is 0 Å². The van der Waals surface area contributed by atoms with Crippen LogP contribution in [-0.4, -0.2) is 16.2 Å². The third kappa shape index (κ3) is 2.79. The van der Waals surface area contributed by atoms with Crippen LogP contribution in [0, 0.1) is 29.4 Å². The lowest BCUT2D eigenvalue weighted by atomic mass is 9.87. The van der Waals surface area contributed by atoms with Gasteiger partial charge in [0.2, 0.25) is 0 Å². The summed E-state index contributed by atoms with van der Waals surface area (Å²) in [5, 5.41) is 19.4. The molecule has 1 saturated carbocycles. The second-order valence-corrected chi connectivity index (χ2v) is 5.83. The van der Waals surface area contributed by atoms with Crippen LogP contribution in [-0.2, 0) is 4.79 Å². The van der Waals surface area contributed by atoms with Gasteiger partial charge < -0.3 is 10.2 Å². The monoisotopic (exact) mass is 304 g/mol. The molecule has 0 bridgehead atoms. The highest BCUT2D eigenvalue weighted by atomic mass is 35.5. The number of aliphatic hydroxyl groups is 1. The van der Waals surface area contributed by atoms with E-state index in [1.807, 2.05) is 6.92 Å². The summed E-state index contributed by atoms with van der Waals surface area (Å²) in [7, 11) is 0. The summed E-state index contributed by atoms with van der Waals surface area (Å²) < 4.78 is 26.3. The van der Waals surface area contributed by atoms with Gasteiger partial charge in [0.05, 0.1) is 12.0 Å². The largest absolute Gasteiger partial charge is 0.481 e. The topological polar surface area (TPSA) is 57.5 Å². The Morgan fingerprint density at radius 3 is 2.55 bits per heavy atom. The maximum Gasteiger partial charge on any atom is 0.306 e. The van der Waals surface area contributed by atoms with E-state index in [2.05, 4.69) is 0 Å². The van der Waals surface area contributed by atoms with E-state index < -0.39 is 35.5 Å². The van der Waals surface area contributed by atoms with E-state index in [0.29, 0.717) is 12.8 Å². The maximum atomic E-state index is 13.3. The first-order valence-electron chi connectivity index (χ1n) is 6.36. The minimum Gasteiger partial charge on any atom is -0.481 e. The number of halogens is 3. The van der Waals surface area contributed by atoms with Crippen molar-refractivity contribution in [2.75, 3.05) is 0 Å². The fourth-order valence-corrected chi connectivity index (χ4v) is 3.22. The van der Waals surface area contributed by atoms with Crippen LogP contribution in [0.1, 0.15) is 31.4 Å². The predicted octanol–water partition coefficient (Wildman–Crippen LogP) is 3.40. The Morgan fingerprint density at radius 1 is 1.35 bits per heavy atom. The average Bonchev–Trinajstić information content (AvgIpc) is 2.75. The third-order valence-electron chi connectivity index (χ3n) is 3.93. The van der Waals surface area contributed by atoms with Crippen LogP contribution in [0.5, 0.6) is 0 Å². The predicted molar refractivity (Wildman–Crippen MR) is 69.3 cm³/mol. The highest BCUT2D eigenvalue weighted by Crippen LogP contribution is 2.44. The molecule has 1 aliphatic rings. The summed E-state index contributed by atoms with van der Waals surface area (Å²) >= 11 is 5.82. The number of aliphatic carboxylic acids is 1. The molecule has 0 saturated heterocycles. The normalized spacial score (nSPS) is 27.6. The number of carbonyl (C=O) groups is 1. The molecule has 0 spiro atoms. The summed E-state index contributed by atoms with van der Waals surface area (Å²) in [6, 6.07) is 1.63. The Hall–Kier alpha value is -1.20. The second-order valence-electron chi connectivity index (χ2n) is 5.42. The van der Waals surface area contributed by atoms with Gasteiger partial charge in [-0.1, -0.05) is 18.5 Å². The number of hydrogen-bond donors (Lipinski definition) is 2. The van der Waals surface area contributed by atoms with E-state index in [1.54, 1.807) is 0 Å². The third-order valence-corrected chi connectivity index (χ3v) is 4.26. The van der Waals surface area contributed by atoms with E-state index in [9.17, 15) is 23.8 Å². The number of aliphatic hydroxyl groups excluding tert-OH is 1. The van der Waals surface area contributed by atoms with E-state index >= 15 is 0 Å². The van der Waals surface area contributed by atoms with Crippen LogP contribution >= 0.6 is 11.6 Å². The Morgan fingerprint density at radius 2 is 1.95 bits per heavy atom. The molecule has 0 amide bonds. The quantitative estimate of drug-likeness (QED) is 0.842. The summed E-state index contributed by atoms with van der Waals surface area (Å²) in [6.45, 7) is 1.90. The molecule has 2 N–H and O–H groups in total. The Kier molecular flexibility index (Phi) is 4.30. The van der Waals surface area contributed by atoms with Gasteiger partial charge in [0.25, 0.3) is 0 Å². The Balaban J connectivity index is 2.33. The Bertz CT molecular complexity index is 535. The molecule has 4 atom stereocenters. The summed E-state index contributed by atoms with van der Waals surface area (Å²) in [5.74, 6) is -4.30. The van der Waals surface area contributed by atoms with Crippen LogP contribution in [0.15, 0.2) is 12.1 Å². The summed E-state index contributed by atoms with van der Waals surface area (Å²) in [5.41, 5.74) is 0.0379. The van der Waals surface area contributed by atoms with Gasteiger partial charge in [-0.2, -0.15) is 0 Å². The van der Waals surface area contributed by atoms with Crippen molar-refractivity contribution in [3.63, 3.8) is 0 Å². The zero-order valence-electron chi connectivity index (χ0n) is 10.8. The average molecular weight is 305 g/mol. The summed E-state index contributed by atoms with van der Waals surface area (Å²) in [4.78, 5) is 11.2. The number of benzene rings is 1. The molecular formula is C14H15ClF2O3. The standard InChI is InChI=1S/C14H15ClF2O3/c1-6-2-7(8(3-6)14(19)20)13(18)9-4-11(16)12(17)5-10(9)15/h4-8,13,18H,2-3H2,1H3,(H,19,20). The minimum atomic E-state index is -1.22. The smallest absolute Gasteiger partial charge is 0.306 e. The van der Waals surface area contributed by atoms with Crippen LogP contribution in [0.3, 0.4) is 0 Å². The van der Waals surface area contributed by atoms with E-state index in [1.165, 1.54) is 0 Å². The highest BCUT2D eigenvalue weighted by molar-refractivity contribution is 6.31. The van der Waals surface area contributed by atoms with Crippen molar-refractivity contribution in [3.8, 4) is 0 Å². The van der Waals surface area contributed by atoms with Gasteiger partial charge >= 0.3 is 5.97 Å². The van der Waals surface area contributed by atoms with Crippen LogP contribution in [0.2, 0.25) is 5.02 Å². The maximum absolute atomic E-state index is 13.3. The fourth-order valence-electron chi connectivity index (χ4n) is 2.96. The molecular weight excluding hydrogens is 290 g/mol. The van der Waals surface area contributed by atoms with Gasteiger partial charge in [-0.15, -0.1) is 0 Å². The molecule has 1 fully saturated rings. The number of rotatable bonds is 3. The molecule has 20 heavy (non-hydrogen) atoms. The molecule has 0 heterocycles. The second kappa shape index (κ2) is 5.66. The highest BCUT2D eigenvalue weighted by Gasteiger charge is 2.41. The minimum absolute atomic E-state index is 0.0379. The SMILES string of the molecule is CC1CC(C(=O)O)C(C(O)c2cc(F)c(F)cc2Cl)C1. The van der Waals surface area contributed by atoms with E-state index in [-0.39, 0.29) is 16.5 Å². The lowest BCUT2D eigenvalue weighted by Gasteiger charge is -2.23. The first-order valence-corrected chi connectivity index (χ1v) is 6.74. The molecule has 0 aromatic heterocycles. The van der Waals surface area contributed by atoms with Crippen molar-refractivity contribution in [3.05, 3.63) is 34.4 Å². The molecule has 0 radical (unpaired) electrons. The molecule has 1 aromatic rings. The van der Waals surface area contributed by atoms with E-state index in [0.717, 1.165) is 12.1 Å². The first kappa shape index (κ1) is 15.2. The van der Waals surface area contributed by atoms with E-state index in [4.69, 9.17) is 11.6 Å². The van der Waals surface area contributed by atoms with Gasteiger partial charge in [-0.05, 0) is 30.9 Å². The van der Waals surface area contributed by atoms with Crippen molar-refractivity contribution in [2.45, 2.75) is 25.9 Å². The van der Waals surface area contributed by atoms with Crippen molar-refractivity contribution in [2.24, 2.45) is 17.8 Å². The fraction of sp³-hybridized carbons (Fsp3) is 0.500. The number of carboxylic acid groups (broad SMARTS) is 1. The van der Waals surface area contributed by atoms with Crippen LogP contribution in [0.4, 0.5) is 8.78 Å². The van der Waals surface area contributed by atoms with Gasteiger partial charge in [-0.25, -0.2) is 8.78 Å². The van der Waals surface area contributed by atoms with Crippen molar-refractivity contribution < 1.29 is 23.8 Å². The molecule has 1 aliphatic carbocycles. The van der Waals surface area contributed by atoms with Gasteiger partial charge in [-0.3, -0.25) is 4.79 Å². The van der Waals surface area contributed by atoms with Crippen molar-refractivity contribution >= 4 is 17.6 Å². The molecule has 4 unspecified atom stereocenters. The molecule has 3 nitrogen and oxygen atoms in total. The molecule has 110 valence electrons. The first-order chi connectivity index (χ1) is 9.31. The molecule has 0 aliphatic heterocycles. The molecule has 1 aromatic carbocycles. The zero-order chi connectivity index (χ0) is 15.0. The number of hydrogen-bond acceptors (Lipinski definition) is 2. The van der Waals surface area contributed by atoms with Crippen LogP contribution in [0.25, 0.3) is 0 Å². The van der Waals surface area contributed by atoms with Gasteiger partial charge in [0, 0.05) is 16.5 Å². The molecule has 2 rings (SSSR count). The van der Waals surface area contributed by atoms with Gasteiger partial charge in [0.15, 0.2) is 11.6 Å². The lowest BCUT2D eigenvalue weighted by Crippen LogP contribution is -2.24. The summed E-state index contributed by atoms with van der Waals surface area (Å²) in [6.07, 6.45) is -0.255. The number of carboxylic acids is 1. The van der Waals surface area contributed by atoms with Crippen molar-refractivity contribution in [1.82, 2.24) is 0 Å². The lowest BCUT2D eigenvalue weighted by molar-refractivity contribution is -0.144. The molecule has 6 heteroatoms.